The van der Waals surface area contributed by atoms with Gasteiger partial charge >= 0.3 is 0 Å². The summed E-state index contributed by atoms with van der Waals surface area (Å²) in [5.74, 6) is 0.588. The summed E-state index contributed by atoms with van der Waals surface area (Å²) < 4.78 is 5.50. The Bertz CT molecular complexity index is 808. The van der Waals surface area contributed by atoms with Crippen molar-refractivity contribution in [3.05, 3.63) is 42.1 Å². The van der Waals surface area contributed by atoms with Crippen LogP contribution in [0.3, 0.4) is 0 Å². The molecule has 2 aromatic rings. The highest BCUT2D eigenvalue weighted by atomic mass is 32.2. The monoisotopic (exact) mass is 373 g/mol. The molecule has 0 aliphatic carbocycles. The molecule has 7 heteroatoms. The maximum Gasteiger partial charge on any atom is 0.276 e. The number of anilines is 1. The molecule has 138 valence electrons. The summed E-state index contributed by atoms with van der Waals surface area (Å²) in [6.45, 7) is 8.10. The van der Waals surface area contributed by atoms with E-state index in [4.69, 9.17) is 4.42 Å². The van der Waals surface area contributed by atoms with Crippen LogP contribution in [0.15, 0.2) is 39.8 Å². The minimum Gasteiger partial charge on any atom is -0.446 e. The fourth-order valence-electron chi connectivity index (χ4n) is 3.14. The Morgan fingerprint density at radius 3 is 2.65 bits per heavy atom. The summed E-state index contributed by atoms with van der Waals surface area (Å²) in [7, 11) is 0. The lowest BCUT2D eigenvalue weighted by atomic mass is 10.2. The van der Waals surface area contributed by atoms with Gasteiger partial charge in [0.1, 0.15) is 12.8 Å². The summed E-state index contributed by atoms with van der Waals surface area (Å²) in [6.07, 6.45) is 1.38. The van der Waals surface area contributed by atoms with Gasteiger partial charge < -0.3 is 14.2 Å². The van der Waals surface area contributed by atoms with Gasteiger partial charge in [-0.1, -0.05) is 12.1 Å². The first-order valence-electron chi connectivity index (χ1n) is 8.67. The topological polar surface area (TPSA) is 66.7 Å². The van der Waals surface area contributed by atoms with Crippen LogP contribution in [-0.4, -0.2) is 39.5 Å². The molecule has 0 saturated carbocycles. The first-order chi connectivity index (χ1) is 12.4. The van der Waals surface area contributed by atoms with E-state index in [9.17, 15) is 9.59 Å². The van der Waals surface area contributed by atoms with Crippen molar-refractivity contribution in [1.29, 1.82) is 0 Å². The molecule has 0 saturated heterocycles. The van der Waals surface area contributed by atoms with Gasteiger partial charge in [-0.25, -0.2) is 4.98 Å². The Hall–Kier alpha value is -2.28. The second kappa shape index (κ2) is 7.53. The Balaban J connectivity index is 1.81. The average molecular weight is 373 g/mol. The van der Waals surface area contributed by atoms with E-state index in [0.29, 0.717) is 11.6 Å². The molecule has 0 radical (unpaired) electrons. The van der Waals surface area contributed by atoms with E-state index >= 15 is 0 Å². The third kappa shape index (κ3) is 3.62. The summed E-state index contributed by atoms with van der Waals surface area (Å²) in [6, 6.07) is 7.89. The largest absolute Gasteiger partial charge is 0.446 e. The van der Waals surface area contributed by atoms with Crippen molar-refractivity contribution >= 4 is 29.3 Å². The van der Waals surface area contributed by atoms with Crippen molar-refractivity contribution in [2.75, 3.05) is 10.7 Å². The zero-order valence-electron chi connectivity index (χ0n) is 15.4. The first-order valence-corrected chi connectivity index (χ1v) is 9.66. The van der Waals surface area contributed by atoms with E-state index < -0.39 is 0 Å². The van der Waals surface area contributed by atoms with Gasteiger partial charge in [0.25, 0.3) is 5.91 Å². The normalized spacial score (nSPS) is 14.1. The number of rotatable bonds is 5. The molecule has 0 fully saturated rings. The van der Waals surface area contributed by atoms with Gasteiger partial charge in [-0.05, 0) is 39.8 Å². The highest BCUT2D eigenvalue weighted by Crippen LogP contribution is 2.35. The van der Waals surface area contributed by atoms with E-state index in [1.165, 1.54) is 18.0 Å². The minimum atomic E-state index is -0.161. The maximum atomic E-state index is 12.7. The number of carbonyl (C=O) groups excluding carboxylic acids is 2. The molecule has 1 aromatic carbocycles. The molecule has 1 aliphatic rings. The number of carbonyl (C=O) groups is 2. The van der Waals surface area contributed by atoms with Gasteiger partial charge in [0.05, 0.1) is 11.4 Å². The van der Waals surface area contributed by atoms with Crippen molar-refractivity contribution in [3.63, 3.8) is 0 Å². The van der Waals surface area contributed by atoms with Crippen LogP contribution in [0.4, 0.5) is 5.69 Å². The van der Waals surface area contributed by atoms with Crippen molar-refractivity contribution in [3.8, 4) is 0 Å². The quantitative estimate of drug-likeness (QED) is 0.801. The van der Waals surface area contributed by atoms with Crippen LogP contribution in [0.5, 0.6) is 0 Å². The molecule has 2 amide bonds. The maximum absolute atomic E-state index is 12.7. The zero-order chi connectivity index (χ0) is 18.8. The third-order valence-electron chi connectivity index (χ3n) is 4.22. The van der Waals surface area contributed by atoms with E-state index in [2.05, 4.69) is 4.98 Å². The van der Waals surface area contributed by atoms with Gasteiger partial charge in [-0.2, -0.15) is 0 Å². The number of thioether (sulfide) groups is 1. The van der Waals surface area contributed by atoms with Crippen molar-refractivity contribution in [1.82, 2.24) is 9.88 Å². The number of amides is 2. The molecule has 3 rings (SSSR count). The molecule has 1 aromatic heterocycles. The minimum absolute atomic E-state index is 0.00534. The number of nitrogens with zero attached hydrogens (tertiary/aromatic N) is 3. The zero-order valence-corrected chi connectivity index (χ0v) is 16.2. The van der Waals surface area contributed by atoms with Crippen LogP contribution in [0.2, 0.25) is 0 Å². The Kier molecular flexibility index (Phi) is 5.36. The van der Waals surface area contributed by atoms with Crippen LogP contribution in [-0.2, 0) is 11.3 Å². The van der Waals surface area contributed by atoms with Crippen LogP contribution in [0.25, 0.3) is 0 Å². The molecular weight excluding hydrogens is 350 g/mol. The smallest absolute Gasteiger partial charge is 0.276 e. The highest BCUT2D eigenvalue weighted by molar-refractivity contribution is 8.00. The molecule has 0 spiro atoms. The van der Waals surface area contributed by atoms with Gasteiger partial charge in [-0.3, -0.25) is 9.59 Å². The van der Waals surface area contributed by atoms with Gasteiger partial charge in [0.2, 0.25) is 11.8 Å². The lowest BCUT2D eigenvalue weighted by molar-refractivity contribution is -0.116. The van der Waals surface area contributed by atoms with Gasteiger partial charge in [-0.15, -0.1) is 11.8 Å². The van der Waals surface area contributed by atoms with Crippen LogP contribution in [0.1, 0.15) is 44.1 Å². The molecule has 0 unspecified atom stereocenters. The lowest BCUT2D eigenvalue weighted by Crippen LogP contribution is -2.42. The first kappa shape index (κ1) is 18.5. The Labute approximate surface area is 157 Å². The van der Waals surface area contributed by atoms with Crippen molar-refractivity contribution in [2.45, 2.75) is 51.2 Å². The second-order valence-corrected chi connectivity index (χ2v) is 7.78. The third-order valence-corrected chi connectivity index (χ3v) is 5.27. The van der Waals surface area contributed by atoms with Gasteiger partial charge in [0.15, 0.2) is 5.69 Å². The molecule has 0 bridgehead atoms. The molecule has 2 heterocycles. The molecule has 1 aliphatic heterocycles. The fourth-order valence-corrected chi connectivity index (χ4v) is 4.08. The van der Waals surface area contributed by atoms with Crippen LogP contribution >= 0.6 is 11.8 Å². The lowest BCUT2D eigenvalue weighted by Gasteiger charge is -2.29. The number of oxazole rings is 1. The number of hydrogen-bond acceptors (Lipinski definition) is 5. The van der Waals surface area contributed by atoms with E-state index in [1.807, 2.05) is 52.0 Å². The average Bonchev–Trinajstić information content (AvgIpc) is 3.05. The van der Waals surface area contributed by atoms with Crippen LogP contribution < -0.4 is 4.90 Å². The number of aromatic nitrogens is 1. The number of hydrogen-bond donors (Lipinski definition) is 0. The summed E-state index contributed by atoms with van der Waals surface area (Å²) in [5, 5.41) is 0. The predicted molar refractivity (Wildman–Crippen MR) is 101 cm³/mol. The SMILES string of the molecule is CC(C)N(C(=O)c1coc(CN2C(=O)CSc3ccccc32)n1)C(C)C. The number of fused-ring (bicyclic) bond motifs is 1. The van der Waals surface area contributed by atoms with E-state index in [1.54, 1.807) is 9.80 Å². The second-order valence-electron chi connectivity index (χ2n) is 6.76. The van der Waals surface area contributed by atoms with E-state index in [-0.39, 0.29) is 36.1 Å². The van der Waals surface area contributed by atoms with Gasteiger partial charge in [0, 0.05) is 17.0 Å². The Morgan fingerprint density at radius 1 is 1.27 bits per heavy atom. The molecular formula is C19H23N3O3S. The summed E-state index contributed by atoms with van der Waals surface area (Å²) >= 11 is 1.53. The highest BCUT2D eigenvalue weighted by Gasteiger charge is 2.28. The fraction of sp³-hybridized carbons (Fsp3) is 0.421. The summed E-state index contributed by atoms with van der Waals surface area (Å²) in [4.78, 5) is 33.9. The molecule has 6 nitrogen and oxygen atoms in total. The van der Waals surface area contributed by atoms with Crippen molar-refractivity contribution in [2.24, 2.45) is 0 Å². The van der Waals surface area contributed by atoms with Crippen molar-refractivity contribution < 1.29 is 14.0 Å². The Morgan fingerprint density at radius 2 is 1.96 bits per heavy atom. The molecule has 26 heavy (non-hydrogen) atoms. The molecule has 0 atom stereocenters. The standard InChI is InChI=1S/C19H23N3O3S/c1-12(2)22(13(3)4)19(24)14-10-25-17(20-14)9-21-15-7-5-6-8-16(15)26-11-18(21)23/h5-8,10,12-13H,9,11H2,1-4H3. The summed E-state index contributed by atoms with van der Waals surface area (Å²) in [5.41, 5.74) is 1.13. The predicted octanol–water partition coefficient (Wildman–Crippen LogP) is 3.57. The van der Waals surface area contributed by atoms with Crippen LogP contribution in [0, 0.1) is 0 Å². The number of benzene rings is 1. The van der Waals surface area contributed by atoms with E-state index in [0.717, 1.165) is 10.6 Å². The number of para-hydroxylation sites is 1. The molecule has 0 N–H and O–H groups in total.